The molecular weight excluding hydrogens is 410 g/mol. The van der Waals surface area contributed by atoms with Crippen molar-refractivity contribution in [3.8, 4) is 11.1 Å². The van der Waals surface area contributed by atoms with Crippen molar-refractivity contribution in [1.29, 1.82) is 0 Å². The number of benzene rings is 3. The summed E-state index contributed by atoms with van der Waals surface area (Å²) in [6.45, 7) is 1.66. The van der Waals surface area contributed by atoms with Gasteiger partial charge in [-0.25, -0.2) is 9.59 Å². The summed E-state index contributed by atoms with van der Waals surface area (Å²) in [6, 6.07) is 25.2. The highest BCUT2D eigenvalue weighted by molar-refractivity contribution is 8.00. The Balaban J connectivity index is 1.54. The van der Waals surface area contributed by atoms with Gasteiger partial charge < -0.3 is 15.6 Å². The summed E-state index contributed by atoms with van der Waals surface area (Å²) in [5, 5.41) is 9.09. The third-order valence-corrected chi connectivity index (χ3v) is 7.00. The molecule has 0 radical (unpaired) electrons. The lowest BCUT2D eigenvalue weighted by atomic mass is 9.96. The van der Waals surface area contributed by atoms with Gasteiger partial charge in [0.25, 0.3) is 0 Å². The van der Waals surface area contributed by atoms with E-state index in [1.54, 1.807) is 6.92 Å². The van der Waals surface area contributed by atoms with E-state index < -0.39 is 22.7 Å². The van der Waals surface area contributed by atoms with E-state index in [1.807, 2.05) is 78.9 Å². The Morgan fingerprint density at radius 2 is 1.48 bits per heavy atom. The first-order valence-electron chi connectivity index (χ1n) is 10.0. The van der Waals surface area contributed by atoms with Crippen LogP contribution in [0.15, 0.2) is 83.8 Å². The largest absolute Gasteiger partial charge is 0.479 e. The molecule has 0 bridgehead atoms. The van der Waals surface area contributed by atoms with E-state index in [9.17, 15) is 14.7 Å². The predicted molar refractivity (Wildman–Crippen MR) is 121 cm³/mol. The second-order valence-corrected chi connectivity index (χ2v) is 8.99. The number of thioether (sulfide) groups is 1. The molecule has 0 aromatic heterocycles. The van der Waals surface area contributed by atoms with Crippen LogP contribution in [-0.2, 0) is 14.3 Å². The summed E-state index contributed by atoms with van der Waals surface area (Å²) >= 11 is 1.24. The maximum absolute atomic E-state index is 13.0. The van der Waals surface area contributed by atoms with Gasteiger partial charge in [-0.2, -0.15) is 0 Å². The van der Waals surface area contributed by atoms with Crippen LogP contribution in [0, 0.1) is 0 Å². The topological polar surface area (TPSA) is 89.6 Å². The SMILES string of the molecule is CC(Sc1ccccc1)C(N)(C(=O)O)C(=O)OCC1c2ccccc2-c2ccccc21. The molecule has 31 heavy (non-hydrogen) atoms. The molecule has 3 aromatic carbocycles. The van der Waals surface area contributed by atoms with Crippen molar-refractivity contribution >= 4 is 23.7 Å². The van der Waals surface area contributed by atoms with E-state index >= 15 is 0 Å². The minimum Gasteiger partial charge on any atom is -0.479 e. The van der Waals surface area contributed by atoms with Crippen LogP contribution < -0.4 is 5.73 Å². The Hall–Kier alpha value is -3.09. The van der Waals surface area contributed by atoms with Crippen molar-refractivity contribution in [2.24, 2.45) is 5.73 Å². The fourth-order valence-corrected chi connectivity index (χ4v) is 5.05. The van der Waals surface area contributed by atoms with Gasteiger partial charge in [0.05, 0.1) is 0 Å². The number of fused-ring (bicyclic) bond motifs is 3. The average molecular weight is 434 g/mol. The molecule has 3 aromatic rings. The van der Waals surface area contributed by atoms with E-state index in [0.717, 1.165) is 27.1 Å². The lowest BCUT2D eigenvalue weighted by Crippen LogP contribution is -2.62. The van der Waals surface area contributed by atoms with Gasteiger partial charge in [-0.3, -0.25) is 0 Å². The molecule has 158 valence electrons. The minimum absolute atomic E-state index is 0.0296. The van der Waals surface area contributed by atoms with Crippen LogP contribution in [0.4, 0.5) is 0 Å². The highest BCUT2D eigenvalue weighted by Crippen LogP contribution is 2.44. The summed E-state index contributed by atoms with van der Waals surface area (Å²) in [4.78, 5) is 25.9. The first kappa shape index (κ1) is 21.2. The van der Waals surface area contributed by atoms with Crippen molar-refractivity contribution in [2.45, 2.75) is 28.5 Å². The van der Waals surface area contributed by atoms with Crippen LogP contribution in [0.3, 0.4) is 0 Å². The summed E-state index contributed by atoms with van der Waals surface area (Å²) < 4.78 is 5.57. The Morgan fingerprint density at radius 3 is 2.03 bits per heavy atom. The molecule has 0 fully saturated rings. The highest BCUT2D eigenvalue weighted by Gasteiger charge is 2.50. The Morgan fingerprint density at radius 1 is 0.968 bits per heavy atom. The van der Waals surface area contributed by atoms with E-state index in [4.69, 9.17) is 10.5 Å². The lowest BCUT2D eigenvalue weighted by Gasteiger charge is -2.29. The van der Waals surface area contributed by atoms with Crippen molar-refractivity contribution in [3.05, 3.63) is 90.0 Å². The number of ether oxygens (including phenoxy) is 1. The van der Waals surface area contributed by atoms with Crippen LogP contribution in [0.25, 0.3) is 11.1 Å². The number of aliphatic carboxylic acids is 1. The first-order valence-corrected chi connectivity index (χ1v) is 10.9. The van der Waals surface area contributed by atoms with Gasteiger partial charge in [0.15, 0.2) is 0 Å². The van der Waals surface area contributed by atoms with Gasteiger partial charge >= 0.3 is 11.9 Å². The zero-order valence-electron chi connectivity index (χ0n) is 17.0. The second kappa shape index (κ2) is 8.57. The van der Waals surface area contributed by atoms with Crippen molar-refractivity contribution in [1.82, 2.24) is 0 Å². The predicted octanol–water partition coefficient (Wildman–Crippen LogP) is 4.31. The zero-order chi connectivity index (χ0) is 22.0. The van der Waals surface area contributed by atoms with Gasteiger partial charge in [-0.15, -0.1) is 11.8 Å². The third kappa shape index (κ3) is 3.84. The molecule has 2 unspecified atom stereocenters. The van der Waals surface area contributed by atoms with E-state index in [2.05, 4.69) is 0 Å². The van der Waals surface area contributed by atoms with Crippen LogP contribution in [0.5, 0.6) is 0 Å². The van der Waals surface area contributed by atoms with Crippen LogP contribution in [0.1, 0.15) is 24.0 Å². The molecule has 0 saturated heterocycles. The summed E-state index contributed by atoms with van der Waals surface area (Å²) in [5.74, 6) is -2.50. The number of hydrogen-bond donors (Lipinski definition) is 2. The maximum Gasteiger partial charge on any atom is 0.339 e. The van der Waals surface area contributed by atoms with Gasteiger partial charge in [0, 0.05) is 16.1 Å². The fraction of sp³-hybridized carbons (Fsp3) is 0.200. The molecule has 3 N–H and O–H groups in total. The maximum atomic E-state index is 13.0. The second-order valence-electron chi connectivity index (χ2n) is 7.57. The number of carbonyl (C=O) groups is 2. The smallest absolute Gasteiger partial charge is 0.339 e. The van der Waals surface area contributed by atoms with Gasteiger partial charge in [-0.1, -0.05) is 66.7 Å². The standard InChI is InChI=1S/C25H23NO4S/c1-16(31-17-9-3-2-4-10-17)25(26,23(27)28)24(29)30-15-22-20-13-7-5-11-18(20)19-12-6-8-14-21(19)22/h2-14,16,22H,15,26H2,1H3,(H,27,28). The van der Waals surface area contributed by atoms with Gasteiger partial charge in [-0.05, 0) is 41.3 Å². The number of hydrogen-bond acceptors (Lipinski definition) is 5. The molecule has 0 amide bonds. The summed E-state index contributed by atoms with van der Waals surface area (Å²) in [7, 11) is 0. The summed E-state index contributed by atoms with van der Waals surface area (Å²) in [5.41, 5.74) is 8.30. The number of esters is 1. The monoisotopic (exact) mass is 433 g/mol. The zero-order valence-corrected chi connectivity index (χ0v) is 17.8. The van der Waals surface area contributed by atoms with Gasteiger partial charge in [0.1, 0.15) is 6.61 Å². The van der Waals surface area contributed by atoms with Gasteiger partial charge in [0.2, 0.25) is 5.54 Å². The van der Waals surface area contributed by atoms with E-state index in [0.29, 0.717) is 0 Å². The number of nitrogens with two attached hydrogens (primary N) is 1. The molecule has 0 spiro atoms. The Bertz CT molecular complexity index is 1070. The first-order chi connectivity index (χ1) is 14.9. The normalized spacial score (nSPS) is 15.4. The number of carboxylic acids is 1. The lowest BCUT2D eigenvalue weighted by molar-refractivity contribution is -0.161. The Labute approximate surface area is 185 Å². The minimum atomic E-state index is -2.17. The Kier molecular flexibility index (Phi) is 5.85. The summed E-state index contributed by atoms with van der Waals surface area (Å²) in [6.07, 6.45) is 0. The molecule has 5 nitrogen and oxygen atoms in total. The third-order valence-electron chi connectivity index (χ3n) is 5.73. The van der Waals surface area contributed by atoms with Crippen molar-refractivity contribution in [3.63, 3.8) is 0 Å². The fourth-order valence-electron chi connectivity index (χ4n) is 3.94. The van der Waals surface area contributed by atoms with Crippen LogP contribution in [0.2, 0.25) is 0 Å². The number of rotatable bonds is 7. The van der Waals surface area contributed by atoms with Crippen LogP contribution >= 0.6 is 11.8 Å². The molecule has 1 aliphatic rings. The molecule has 1 aliphatic carbocycles. The molecule has 0 saturated carbocycles. The quantitative estimate of drug-likeness (QED) is 0.328. The number of carbonyl (C=O) groups excluding carboxylic acids is 1. The molecule has 4 rings (SSSR count). The highest BCUT2D eigenvalue weighted by atomic mass is 32.2. The molecule has 6 heteroatoms. The molecule has 0 heterocycles. The molecule has 0 aliphatic heterocycles. The van der Waals surface area contributed by atoms with Crippen molar-refractivity contribution < 1.29 is 19.4 Å². The number of carboxylic acid groups (broad SMARTS) is 1. The average Bonchev–Trinajstić information content (AvgIpc) is 3.11. The molecular formula is C25H23NO4S. The van der Waals surface area contributed by atoms with Crippen molar-refractivity contribution in [2.75, 3.05) is 6.61 Å². The molecule has 2 atom stereocenters. The van der Waals surface area contributed by atoms with E-state index in [1.165, 1.54) is 11.8 Å². The van der Waals surface area contributed by atoms with Crippen LogP contribution in [-0.4, -0.2) is 34.4 Å². The van der Waals surface area contributed by atoms with E-state index in [-0.39, 0.29) is 12.5 Å².